The molecule has 2 rings (SSSR count). The summed E-state index contributed by atoms with van der Waals surface area (Å²) in [6, 6.07) is 7.93. The number of aryl methyl sites for hydroxylation is 1. The maximum absolute atomic E-state index is 14.1. The zero-order valence-electron chi connectivity index (χ0n) is 10.2. The monoisotopic (exact) mass is 373 g/mol. The molecule has 102 valence electrons. The summed E-state index contributed by atoms with van der Waals surface area (Å²) in [4.78, 5) is 0. The van der Waals surface area contributed by atoms with Crippen LogP contribution in [0.5, 0.6) is 11.5 Å². The van der Waals surface area contributed by atoms with Crippen LogP contribution in [0.2, 0.25) is 10.0 Å². The topological polar surface area (TPSA) is 33.0 Å². The van der Waals surface area contributed by atoms with Crippen molar-refractivity contribution in [1.29, 1.82) is 5.26 Å². The number of halogens is 4. The Morgan fingerprint density at radius 3 is 2.60 bits per heavy atom. The summed E-state index contributed by atoms with van der Waals surface area (Å²) in [5, 5.41) is 9.32. The van der Waals surface area contributed by atoms with Crippen molar-refractivity contribution in [3.05, 3.63) is 55.7 Å². The van der Waals surface area contributed by atoms with Crippen molar-refractivity contribution in [1.82, 2.24) is 0 Å². The molecule has 6 heteroatoms. The second kappa shape index (κ2) is 6.01. The van der Waals surface area contributed by atoms with Gasteiger partial charge in [-0.05, 0) is 52.7 Å². The number of nitriles is 1. The van der Waals surface area contributed by atoms with E-state index in [1.807, 2.05) is 6.07 Å². The first-order valence-electron chi connectivity index (χ1n) is 5.45. The molecule has 0 saturated heterocycles. The van der Waals surface area contributed by atoms with Gasteiger partial charge in [0.15, 0.2) is 11.6 Å². The fraction of sp³-hybridized carbons (Fsp3) is 0.0714. The summed E-state index contributed by atoms with van der Waals surface area (Å²) in [6.45, 7) is 1.60. The fourth-order valence-electron chi connectivity index (χ4n) is 1.59. The molecule has 0 aliphatic heterocycles. The predicted octanol–water partition coefficient (Wildman–Crippen LogP) is 5.87. The first-order valence-corrected chi connectivity index (χ1v) is 7.00. The molecule has 2 nitrogen and oxygen atoms in total. The predicted molar refractivity (Wildman–Crippen MR) is 80.1 cm³/mol. The molecule has 0 heterocycles. The number of hydrogen-bond donors (Lipinski definition) is 0. The van der Waals surface area contributed by atoms with Crippen LogP contribution in [0, 0.1) is 24.1 Å². The van der Waals surface area contributed by atoms with Gasteiger partial charge in [0.2, 0.25) is 0 Å². The van der Waals surface area contributed by atoms with Gasteiger partial charge >= 0.3 is 0 Å². The molecule has 0 aromatic heterocycles. The minimum absolute atomic E-state index is 0.107. The van der Waals surface area contributed by atoms with Crippen LogP contribution in [0.4, 0.5) is 4.39 Å². The van der Waals surface area contributed by atoms with Crippen LogP contribution in [0.15, 0.2) is 28.7 Å². The highest BCUT2D eigenvalue weighted by Crippen LogP contribution is 2.39. The van der Waals surface area contributed by atoms with Crippen LogP contribution in [-0.2, 0) is 0 Å². The van der Waals surface area contributed by atoms with E-state index >= 15 is 0 Å². The maximum atomic E-state index is 14.1. The second-order valence-corrected chi connectivity index (χ2v) is 5.69. The molecule has 0 unspecified atom stereocenters. The van der Waals surface area contributed by atoms with E-state index in [9.17, 15) is 4.39 Å². The molecule has 0 aliphatic carbocycles. The molecular formula is C14H7BrCl2FNO. The van der Waals surface area contributed by atoms with E-state index in [1.165, 1.54) is 18.2 Å². The zero-order chi connectivity index (χ0) is 14.9. The van der Waals surface area contributed by atoms with Gasteiger partial charge in [-0.3, -0.25) is 0 Å². The van der Waals surface area contributed by atoms with Crippen LogP contribution in [-0.4, -0.2) is 0 Å². The second-order valence-electron chi connectivity index (χ2n) is 4.02. The van der Waals surface area contributed by atoms with E-state index in [1.54, 1.807) is 13.0 Å². The standard InChI is InChI=1S/C14H7BrCl2FNO/c1-7-2-11(15)12(17)14(13(7)18)20-10-4-8(6-19)3-9(16)5-10/h2-5H,1H3. The largest absolute Gasteiger partial charge is 0.453 e. The quantitative estimate of drug-likeness (QED) is 0.616. The molecule has 0 N–H and O–H groups in total. The summed E-state index contributed by atoms with van der Waals surface area (Å²) >= 11 is 15.1. The third-order valence-corrected chi connectivity index (χ3v) is 3.97. The minimum atomic E-state index is -0.559. The van der Waals surface area contributed by atoms with Crippen molar-refractivity contribution in [2.45, 2.75) is 6.92 Å². The van der Waals surface area contributed by atoms with Gasteiger partial charge in [-0.1, -0.05) is 23.2 Å². The van der Waals surface area contributed by atoms with Gasteiger partial charge in [0, 0.05) is 9.50 Å². The Morgan fingerprint density at radius 1 is 1.25 bits per heavy atom. The van der Waals surface area contributed by atoms with Crippen LogP contribution < -0.4 is 4.74 Å². The molecule has 20 heavy (non-hydrogen) atoms. The van der Waals surface area contributed by atoms with Crippen molar-refractivity contribution in [3.8, 4) is 17.6 Å². The van der Waals surface area contributed by atoms with E-state index in [2.05, 4.69) is 15.9 Å². The van der Waals surface area contributed by atoms with E-state index in [4.69, 9.17) is 33.2 Å². The lowest BCUT2D eigenvalue weighted by Crippen LogP contribution is -1.94. The number of benzene rings is 2. The molecule has 2 aromatic rings. The zero-order valence-corrected chi connectivity index (χ0v) is 13.3. The smallest absolute Gasteiger partial charge is 0.183 e. The fourth-order valence-corrected chi connectivity index (χ4v) is 2.52. The van der Waals surface area contributed by atoms with E-state index < -0.39 is 5.82 Å². The van der Waals surface area contributed by atoms with Gasteiger partial charge in [0.05, 0.1) is 11.6 Å². The molecule has 0 amide bonds. The third kappa shape index (κ3) is 3.06. The van der Waals surface area contributed by atoms with Crippen LogP contribution >= 0.6 is 39.1 Å². The molecule has 0 bridgehead atoms. The number of nitrogens with zero attached hydrogens (tertiary/aromatic N) is 1. The van der Waals surface area contributed by atoms with E-state index in [-0.39, 0.29) is 16.5 Å². The Morgan fingerprint density at radius 2 is 1.95 bits per heavy atom. The lowest BCUT2D eigenvalue weighted by Gasteiger charge is -2.12. The Hall–Kier alpha value is -1.28. The summed E-state index contributed by atoms with van der Waals surface area (Å²) in [5.41, 5.74) is 0.703. The van der Waals surface area contributed by atoms with Crippen molar-refractivity contribution in [3.63, 3.8) is 0 Å². The number of hydrogen-bond acceptors (Lipinski definition) is 2. The average Bonchev–Trinajstić information content (AvgIpc) is 2.40. The van der Waals surface area contributed by atoms with Gasteiger partial charge in [-0.2, -0.15) is 5.26 Å². The first-order chi connectivity index (χ1) is 9.42. The number of rotatable bonds is 2. The Balaban J connectivity index is 2.51. The summed E-state index contributed by atoms with van der Waals surface area (Å²) < 4.78 is 20.1. The molecule has 0 aliphatic rings. The molecule has 0 radical (unpaired) electrons. The van der Waals surface area contributed by atoms with Crippen molar-refractivity contribution < 1.29 is 9.13 Å². The minimum Gasteiger partial charge on any atom is -0.453 e. The molecule has 0 spiro atoms. The highest BCUT2D eigenvalue weighted by atomic mass is 79.9. The van der Waals surface area contributed by atoms with E-state index in [0.29, 0.717) is 20.6 Å². The van der Waals surface area contributed by atoms with Gasteiger partial charge in [-0.15, -0.1) is 0 Å². The highest BCUT2D eigenvalue weighted by Gasteiger charge is 2.16. The SMILES string of the molecule is Cc1cc(Br)c(Cl)c(Oc2cc(Cl)cc(C#N)c2)c1F. The highest BCUT2D eigenvalue weighted by molar-refractivity contribution is 9.10. The van der Waals surface area contributed by atoms with Crippen molar-refractivity contribution in [2.24, 2.45) is 0 Å². The van der Waals surface area contributed by atoms with Crippen LogP contribution in [0.3, 0.4) is 0 Å². The summed E-state index contributed by atoms with van der Waals surface area (Å²) in [7, 11) is 0. The first kappa shape index (κ1) is 15.1. The molecule has 0 saturated carbocycles. The molecular weight excluding hydrogens is 368 g/mol. The van der Waals surface area contributed by atoms with Crippen LogP contribution in [0.1, 0.15) is 11.1 Å². The maximum Gasteiger partial charge on any atom is 0.183 e. The van der Waals surface area contributed by atoms with Gasteiger partial charge in [0.1, 0.15) is 10.8 Å². The van der Waals surface area contributed by atoms with Gasteiger partial charge in [-0.25, -0.2) is 4.39 Å². The lowest BCUT2D eigenvalue weighted by molar-refractivity contribution is 0.440. The Kier molecular flexibility index (Phi) is 4.54. The normalized spacial score (nSPS) is 10.2. The Bertz CT molecular complexity index is 702. The number of ether oxygens (including phenoxy) is 1. The summed E-state index contributed by atoms with van der Waals surface area (Å²) in [5.74, 6) is -0.422. The summed E-state index contributed by atoms with van der Waals surface area (Å²) in [6.07, 6.45) is 0. The van der Waals surface area contributed by atoms with E-state index in [0.717, 1.165) is 0 Å². The van der Waals surface area contributed by atoms with Crippen molar-refractivity contribution >= 4 is 39.1 Å². The molecule has 0 fully saturated rings. The molecule has 2 aromatic carbocycles. The van der Waals surface area contributed by atoms with Gasteiger partial charge in [0.25, 0.3) is 0 Å². The van der Waals surface area contributed by atoms with Gasteiger partial charge < -0.3 is 4.74 Å². The molecule has 0 atom stereocenters. The third-order valence-electron chi connectivity index (χ3n) is 2.52. The Labute approximate surface area is 133 Å². The van der Waals surface area contributed by atoms with Crippen LogP contribution in [0.25, 0.3) is 0 Å². The average molecular weight is 375 g/mol. The lowest BCUT2D eigenvalue weighted by atomic mass is 10.2. The van der Waals surface area contributed by atoms with Crippen molar-refractivity contribution in [2.75, 3.05) is 0 Å².